The Morgan fingerprint density at radius 3 is 2.76 bits per heavy atom. The van der Waals surface area contributed by atoms with Crippen molar-refractivity contribution in [3.63, 3.8) is 0 Å². The molecule has 0 saturated heterocycles. The van der Waals surface area contributed by atoms with Crippen LogP contribution in [0.4, 0.5) is 0 Å². The molecular weight excluding hydrogens is 232 g/mol. The molecule has 1 N–H and O–H groups in total. The van der Waals surface area contributed by atoms with Gasteiger partial charge in [-0.1, -0.05) is 6.92 Å². The van der Waals surface area contributed by atoms with Crippen LogP contribution < -0.4 is 5.32 Å². The molecule has 0 fully saturated rings. The summed E-state index contributed by atoms with van der Waals surface area (Å²) in [6.07, 6.45) is 3.97. The quantitative estimate of drug-likeness (QED) is 0.643. The number of aromatic nitrogens is 1. The van der Waals surface area contributed by atoms with Crippen molar-refractivity contribution >= 4 is 17.3 Å². The molecule has 5 heteroatoms. The van der Waals surface area contributed by atoms with Crippen LogP contribution >= 0.6 is 11.3 Å². The summed E-state index contributed by atoms with van der Waals surface area (Å²) in [5, 5.41) is 4.42. The molecule has 1 aromatic rings. The number of nitrogens with one attached hydrogen (secondary N) is 1. The third-order valence-corrected chi connectivity index (χ3v) is 3.50. The summed E-state index contributed by atoms with van der Waals surface area (Å²) in [5.74, 6) is 0.944. The van der Waals surface area contributed by atoms with Crippen molar-refractivity contribution < 1.29 is 0 Å². The molecule has 0 aliphatic rings. The van der Waals surface area contributed by atoms with Gasteiger partial charge in [-0.3, -0.25) is 4.99 Å². The van der Waals surface area contributed by atoms with Crippen LogP contribution in [0.1, 0.15) is 23.7 Å². The van der Waals surface area contributed by atoms with E-state index < -0.39 is 0 Å². The molecule has 0 saturated carbocycles. The molecule has 1 rings (SSSR count). The Hall–Kier alpha value is -1.10. The van der Waals surface area contributed by atoms with Gasteiger partial charge in [-0.05, 0) is 13.3 Å². The van der Waals surface area contributed by atoms with Crippen molar-refractivity contribution in [1.82, 2.24) is 15.2 Å². The van der Waals surface area contributed by atoms with Gasteiger partial charge in [0.1, 0.15) is 0 Å². The number of hydrogen-bond donors (Lipinski definition) is 1. The Kier molecular flexibility index (Phi) is 5.97. The fraction of sp³-hybridized carbons (Fsp3) is 0.667. The van der Waals surface area contributed by atoms with Gasteiger partial charge in [-0.25, -0.2) is 4.98 Å². The molecule has 0 bridgehead atoms. The lowest BCUT2D eigenvalue weighted by Gasteiger charge is -2.16. The molecule has 1 heterocycles. The Bertz CT molecular complexity index is 357. The molecule has 1 aromatic heterocycles. The molecule has 0 aromatic carbocycles. The zero-order valence-corrected chi connectivity index (χ0v) is 12.0. The molecule has 0 aliphatic carbocycles. The predicted octanol–water partition coefficient (Wildman–Crippen LogP) is 1.78. The summed E-state index contributed by atoms with van der Waals surface area (Å²) in [6.45, 7) is 5.92. The zero-order chi connectivity index (χ0) is 12.7. The number of aliphatic imine (C=N–C) groups is 1. The minimum Gasteiger partial charge on any atom is -0.357 e. The number of rotatable bonds is 5. The van der Waals surface area contributed by atoms with E-state index in [0.717, 1.165) is 31.9 Å². The third kappa shape index (κ3) is 4.73. The van der Waals surface area contributed by atoms with Crippen LogP contribution in [0.3, 0.4) is 0 Å². The molecule has 0 amide bonds. The van der Waals surface area contributed by atoms with E-state index in [4.69, 9.17) is 0 Å². The minimum atomic E-state index is 0.789. The normalized spacial score (nSPS) is 11.6. The van der Waals surface area contributed by atoms with Crippen LogP contribution in [0.15, 0.2) is 11.2 Å². The molecule has 4 nitrogen and oxygen atoms in total. The predicted molar refractivity (Wildman–Crippen MR) is 74.9 cm³/mol. The van der Waals surface area contributed by atoms with E-state index in [1.165, 1.54) is 9.88 Å². The molecule has 17 heavy (non-hydrogen) atoms. The third-order valence-electron chi connectivity index (χ3n) is 2.30. The second kappa shape index (κ2) is 7.27. The number of aryl methyl sites for hydroxylation is 1. The Balaban J connectivity index is 2.46. The van der Waals surface area contributed by atoms with Crippen LogP contribution in [0, 0.1) is 0 Å². The highest BCUT2D eigenvalue weighted by Crippen LogP contribution is 2.13. The lowest BCUT2D eigenvalue weighted by atomic mass is 10.4. The monoisotopic (exact) mass is 254 g/mol. The molecule has 0 spiro atoms. The number of thiazole rings is 1. The number of guanidine groups is 1. The van der Waals surface area contributed by atoms with Crippen LogP contribution in [0.25, 0.3) is 0 Å². The van der Waals surface area contributed by atoms with Crippen LogP contribution in [-0.4, -0.2) is 43.0 Å². The van der Waals surface area contributed by atoms with E-state index in [9.17, 15) is 0 Å². The van der Waals surface area contributed by atoms with Crippen molar-refractivity contribution in [2.75, 3.05) is 27.2 Å². The first-order valence-corrected chi connectivity index (χ1v) is 6.88. The van der Waals surface area contributed by atoms with E-state index in [1.54, 1.807) is 11.3 Å². The number of hydrogen-bond acceptors (Lipinski definition) is 3. The van der Waals surface area contributed by atoms with Crippen molar-refractivity contribution in [2.45, 2.75) is 26.7 Å². The van der Waals surface area contributed by atoms with E-state index in [-0.39, 0.29) is 0 Å². The van der Waals surface area contributed by atoms with Gasteiger partial charge in [0.25, 0.3) is 0 Å². The smallest absolute Gasteiger partial charge is 0.193 e. The second-order valence-electron chi connectivity index (χ2n) is 3.95. The summed E-state index contributed by atoms with van der Waals surface area (Å²) in [6, 6.07) is 0. The highest BCUT2D eigenvalue weighted by molar-refractivity contribution is 7.11. The van der Waals surface area contributed by atoms with Crippen molar-refractivity contribution in [3.05, 3.63) is 16.1 Å². The fourth-order valence-electron chi connectivity index (χ4n) is 1.40. The summed E-state index contributed by atoms with van der Waals surface area (Å²) in [7, 11) is 4.00. The Morgan fingerprint density at radius 2 is 2.24 bits per heavy atom. The minimum absolute atomic E-state index is 0.789. The van der Waals surface area contributed by atoms with Crippen LogP contribution in [0.5, 0.6) is 0 Å². The highest BCUT2D eigenvalue weighted by Gasteiger charge is 2.02. The van der Waals surface area contributed by atoms with Gasteiger partial charge in [0.15, 0.2) is 5.96 Å². The average Bonchev–Trinajstić information content (AvgIpc) is 2.75. The maximum absolute atomic E-state index is 4.54. The van der Waals surface area contributed by atoms with E-state index in [2.05, 4.69) is 29.1 Å². The SMILES string of the molecule is CCNC(=NCCc1ncc(CC)s1)N(C)C. The zero-order valence-electron chi connectivity index (χ0n) is 11.2. The van der Waals surface area contributed by atoms with Crippen LogP contribution in [-0.2, 0) is 12.8 Å². The van der Waals surface area contributed by atoms with Crippen molar-refractivity contribution in [2.24, 2.45) is 4.99 Å². The average molecular weight is 254 g/mol. The lowest BCUT2D eigenvalue weighted by Crippen LogP contribution is -2.36. The van der Waals surface area contributed by atoms with Gasteiger partial charge in [0.2, 0.25) is 0 Å². The van der Waals surface area contributed by atoms with Crippen molar-refractivity contribution in [3.8, 4) is 0 Å². The maximum atomic E-state index is 4.54. The summed E-state index contributed by atoms with van der Waals surface area (Å²) in [5.41, 5.74) is 0. The summed E-state index contributed by atoms with van der Waals surface area (Å²) >= 11 is 1.79. The molecule has 96 valence electrons. The highest BCUT2D eigenvalue weighted by atomic mass is 32.1. The van der Waals surface area contributed by atoms with E-state index in [1.807, 2.05) is 25.2 Å². The summed E-state index contributed by atoms with van der Waals surface area (Å²) in [4.78, 5) is 12.3. The molecule has 0 radical (unpaired) electrons. The first kappa shape index (κ1) is 14.0. The lowest BCUT2D eigenvalue weighted by molar-refractivity contribution is 0.583. The fourth-order valence-corrected chi connectivity index (χ4v) is 2.25. The maximum Gasteiger partial charge on any atom is 0.193 e. The topological polar surface area (TPSA) is 40.5 Å². The van der Waals surface area contributed by atoms with Gasteiger partial charge in [0, 0.05) is 44.7 Å². The van der Waals surface area contributed by atoms with Gasteiger partial charge in [-0.2, -0.15) is 0 Å². The van der Waals surface area contributed by atoms with Crippen molar-refractivity contribution in [1.29, 1.82) is 0 Å². The summed E-state index contributed by atoms with van der Waals surface area (Å²) < 4.78 is 0. The number of nitrogens with zero attached hydrogens (tertiary/aromatic N) is 3. The Morgan fingerprint density at radius 1 is 1.47 bits per heavy atom. The molecule has 0 aliphatic heterocycles. The second-order valence-corrected chi connectivity index (χ2v) is 5.15. The Labute approximate surface area is 108 Å². The van der Waals surface area contributed by atoms with Gasteiger partial charge >= 0.3 is 0 Å². The molecule has 0 unspecified atom stereocenters. The molecular formula is C12H22N4S. The largest absolute Gasteiger partial charge is 0.357 e. The first-order valence-electron chi connectivity index (χ1n) is 6.06. The van der Waals surface area contributed by atoms with Gasteiger partial charge < -0.3 is 10.2 Å². The first-order chi connectivity index (χ1) is 8.17. The van der Waals surface area contributed by atoms with E-state index >= 15 is 0 Å². The standard InChI is InChI=1S/C12H22N4S/c1-5-10-9-15-11(17-10)7-8-14-12(13-6-2)16(3)4/h9H,5-8H2,1-4H3,(H,13,14). The van der Waals surface area contributed by atoms with Gasteiger partial charge in [0.05, 0.1) is 5.01 Å². The van der Waals surface area contributed by atoms with E-state index in [0.29, 0.717) is 0 Å². The van der Waals surface area contributed by atoms with Crippen LogP contribution in [0.2, 0.25) is 0 Å². The van der Waals surface area contributed by atoms with Gasteiger partial charge in [-0.15, -0.1) is 11.3 Å². The molecule has 0 atom stereocenters.